The number of benzene rings is 1. The summed E-state index contributed by atoms with van der Waals surface area (Å²) >= 11 is 6.05. The van der Waals surface area contributed by atoms with E-state index < -0.39 is 0 Å². The number of halogens is 1. The van der Waals surface area contributed by atoms with E-state index >= 15 is 0 Å². The van der Waals surface area contributed by atoms with Gasteiger partial charge < -0.3 is 5.32 Å². The molecule has 1 aromatic heterocycles. The highest BCUT2D eigenvalue weighted by Crippen LogP contribution is 2.37. The van der Waals surface area contributed by atoms with Crippen molar-refractivity contribution in [3.05, 3.63) is 47.6 Å². The Balaban J connectivity index is 1.49. The maximum absolute atomic E-state index is 6.05. The van der Waals surface area contributed by atoms with Crippen molar-refractivity contribution in [2.45, 2.75) is 24.8 Å². The first-order valence-electron chi connectivity index (χ1n) is 7.98. The Hall–Kier alpha value is -1.58. The molecule has 1 aromatic carbocycles. The number of hydrogen-bond donors (Lipinski definition) is 1. The molecular weight excluding hydrogens is 294 g/mol. The third-order valence-electron chi connectivity index (χ3n) is 5.00. The van der Waals surface area contributed by atoms with Crippen molar-refractivity contribution in [1.29, 1.82) is 0 Å². The van der Waals surface area contributed by atoms with Gasteiger partial charge in [-0.2, -0.15) is 0 Å². The summed E-state index contributed by atoms with van der Waals surface area (Å²) in [5, 5.41) is 5.46. The average molecular weight is 314 g/mol. The van der Waals surface area contributed by atoms with Crippen LogP contribution in [0.4, 0.5) is 5.69 Å². The van der Waals surface area contributed by atoms with E-state index in [1.54, 1.807) is 0 Å². The summed E-state index contributed by atoms with van der Waals surface area (Å²) < 4.78 is 0. The van der Waals surface area contributed by atoms with Crippen LogP contribution in [-0.2, 0) is 0 Å². The predicted molar refractivity (Wildman–Crippen MR) is 92.5 cm³/mol. The van der Waals surface area contributed by atoms with Gasteiger partial charge in [-0.1, -0.05) is 23.8 Å². The normalized spacial score (nSPS) is 24.0. The molecule has 0 saturated carbocycles. The SMILES string of the molecule is Clc1ccc2c(NCCC34C=CCN3CCC4)ccnc2c1. The van der Waals surface area contributed by atoms with Crippen molar-refractivity contribution in [3.8, 4) is 0 Å². The molecule has 4 rings (SSSR count). The van der Waals surface area contributed by atoms with Crippen LogP contribution < -0.4 is 5.32 Å². The van der Waals surface area contributed by atoms with Crippen molar-refractivity contribution < 1.29 is 0 Å². The van der Waals surface area contributed by atoms with Crippen LogP contribution in [0.5, 0.6) is 0 Å². The first-order valence-corrected chi connectivity index (χ1v) is 8.36. The lowest BCUT2D eigenvalue weighted by Crippen LogP contribution is -2.39. The van der Waals surface area contributed by atoms with Crippen LogP contribution in [0.15, 0.2) is 42.6 Å². The summed E-state index contributed by atoms with van der Waals surface area (Å²) in [5.41, 5.74) is 2.39. The highest BCUT2D eigenvalue weighted by Gasteiger charge is 2.40. The lowest BCUT2D eigenvalue weighted by molar-refractivity contribution is 0.217. The van der Waals surface area contributed by atoms with E-state index in [0.717, 1.165) is 41.1 Å². The quantitative estimate of drug-likeness (QED) is 0.862. The predicted octanol–water partition coefficient (Wildman–Crippen LogP) is 4.09. The topological polar surface area (TPSA) is 28.2 Å². The van der Waals surface area contributed by atoms with E-state index in [9.17, 15) is 0 Å². The van der Waals surface area contributed by atoms with Gasteiger partial charge in [0.1, 0.15) is 0 Å². The molecule has 2 aliphatic heterocycles. The van der Waals surface area contributed by atoms with Gasteiger partial charge in [0.15, 0.2) is 0 Å². The minimum atomic E-state index is 0.305. The first kappa shape index (κ1) is 14.0. The van der Waals surface area contributed by atoms with Crippen LogP contribution in [0.3, 0.4) is 0 Å². The molecule has 4 heteroatoms. The summed E-state index contributed by atoms with van der Waals surface area (Å²) in [5.74, 6) is 0. The number of fused-ring (bicyclic) bond motifs is 2. The Morgan fingerprint density at radius 1 is 1.32 bits per heavy atom. The number of pyridine rings is 1. The van der Waals surface area contributed by atoms with Crippen LogP contribution in [0, 0.1) is 0 Å². The second kappa shape index (κ2) is 5.56. The smallest absolute Gasteiger partial charge is 0.0737 e. The second-order valence-corrected chi connectivity index (χ2v) is 6.69. The summed E-state index contributed by atoms with van der Waals surface area (Å²) in [4.78, 5) is 7.01. The number of hydrogen-bond acceptors (Lipinski definition) is 3. The lowest BCUT2D eigenvalue weighted by Gasteiger charge is -2.31. The number of nitrogens with zero attached hydrogens (tertiary/aromatic N) is 2. The Morgan fingerprint density at radius 3 is 3.23 bits per heavy atom. The Bertz CT molecular complexity index is 727. The summed E-state index contributed by atoms with van der Waals surface area (Å²) in [6.45, 7) is 3.34. The summed E-state index contributed by atoms with van der Waals surface area (Å²) in [6.07, 6.45) is 10.4. The first-order chi connectivity index (χ1) is 10.8. The summed E-state index contributed by atoms with van der Waals surface area (Å²) in [6, 6.07) is 7.93. The molecule has 0 radical (unpaired) electrons. The number of aromatic nitrogens is 1. The molecule has 22 heavy (non-hydrogen) atoms. The molecule has 1 unspecified atom stereocenters. The van der Waals surface area contributed by atoms with Crippen LogP contribution in [0.2, 0.25) is 5.02 Å². The van der Waals surface area contributed by atoms with Crippen LogP contribution in [0.1, 0.15) is 19.3 Å². The van der Waals surface area contributed by atoms with Gasteiger partial charge in [0.05, 0.1) is 5.52 Å². The largest absolute Gasteiger partial charge is 0.384 e. The second-order valence-electron chi connectivity index (χ2n) is 6.25. The molecule has 2 aromatic rings. The van der Waals surface area contributed by atoms with Gasteiger partial charge in [0, 0.05) is 40.9 Å². The van der Waals surface area contributed by atoms with E-state index in [-0.39, 0.29) is 0 Å². The molecule has 0 amide bonds. The Labute approximate surface area is 136 Å². The molecule has 114 valence electrons. The van der Waals surface area contributed by atoms with Gasteiger partial charge in [-0.25, -0.2) is 0 Å². The van der Waals surface area contributed by atoms with E-state index in [2.05, 4.69) is 27.4 Å². The maximum Gasteiger partial charge on any atom is 0.0737 e. The highest BCUT2D eigenvalue weighted by molar-refractivity contribution is 6.31. The highest BCUT2D eigenvalue weighted by atomic mass is 35.5. The van der Waals surface area contributed by atoms with E-state index in [1.165, 1.54) is 19.4 Å². The number of rotatable bonds is 4. The zero-order chi connectivity index (χ0) is 15.0. The van der Waals surface area contributed by atoms with Gasteiger partial charge in [-0.05, 0) is 50.1 Å². The Morgan fingerprint density at radius 2 is 2.27 bits per heavy atom. The molecule has 1 atom stereocenters. The van der Waals surface area contributed by atoms with Gasteiger partial charge in [-0.15, -0.1) is 0 Å². The van der Waals surface area contributed by atoms with Gasteiger partial charge >= 0.3 is 0 Å². The third-order valence-corrected chi connectivity index (χ3v) is 5.23. The van der Waals surface area contributed by atoms with Gasteiger partial charge in [-0.3, -0.25) is 9.88 Å². The molecule has 1 N–H and O–H groups in total. The fourth-order valence-corrected chi connectivity index (χ4v) is 4.04. The standard InChI is InChI=1S/C18H20ClN3/c19-14-3-4-15-16(5-9-20-17(15)13-14)21-10-8-18-6-1-11-22(18)12-2-7-18/h1,3-6,9,13H,2,7-8,10-12H2,(H,20,21). The molecule has 0 spiro atoms. The van der Waals surface area contributed by atoms with Crippen molar-refractivity contribution >= 4 is 28.2 Å². The molecule has 1 saturated heterocycles. The maximum atomic E-state index is 6.05. The zero-order valence-electron chi connectivity index (χ0n) is 12.6. The van der Waals surface area contributed by atoms with Crippen LogP contribution in [-0.4, -0.2) is 35.1 Å². The van der Waals surface area contributed by atoms with Crippen molar-refractivity contribution in [2.75, 3.05) is 25.0 Å². The lowest BCUT2D eigenvalue weighted by atomic mass is 9.93. The Kier molecular flexibility index (Phi) is 3.55. The molecule has 0 bridgehead atoms. The van der Waals surface area contributed by atoms with Crippen LogP contribution >= 0.6 is 11.6 Å². The fourth-order valence-electron chi connectivity index (χ4n) is 3.87. The fraction of sp³-hybridized carbons (Fsp3) is 0.389. The minimum Gasteiger partial charge on any atom is -0.384 e. The van der Waals surface area contributed by atoms with E-state index in [4.69, 9.17) is 11.6 Å². The third kappa shape index (κ3) is 2.38. The monoisotopic (exact) mass is 313 g/mol. The van der Waals surface area contributed by atoms with Crippen molar-refractivity contribution in [1.82, 2.24) is 9.88 Å². The molecule has 0 aliphatic carbocycles. The summed E-state index contributed by atoms with van der Waals surface area (Å²) in [7, 11) is 0. The average Bonchev–Trinajstić information content (AvgIpc) is 3.06. The molecule has 3 nitrogen and oxygen atoms in total. The molecule has 1 fully saturated rings. The van der Waals surface area contributed by atoms with E-state index in [0.29, 0.717) is 5.54 Å². The number of nitrogens with one attached hydrogen (secondary N) is 1. The molecular formula is C18H20ClN3. The van der Waals surface area contributed by atoms with Crippen LogP contribution in [0.25, 0.3) is 10.9 Å². The van der Waals surface area contributed by atoms with Gasteiger partial charge in [0.25, 0.3) is 0 Å². The van der Waals surface area contributed by atoms with Gasteiger partial charge in [0.2, 0.25) is 0 Å². The zero-order valence-corrected chi connectivity index (χ0v) is 13.3. The number of anilines is 1. The molecule has 3 heterocycles. The van der Waals surface area contributed by atoms with Crippen molar-refractivity contribution in [3.63, 3.8) is 0 Å². The van der Waals surface area contributed by atoms with Crippen molar-refractivity contribution in [2.24, 2.45) is 0 Å². The van der Waals surface area contributed by atoms with E-state index in [1.807, 2.05) is 30.5 Å². The molecule has 2 aliphatic rings. The minimum absolute atomic E-state index is 0.305.